The topological polar surface area (TPSA) is 237 Å². The van der Waals surface area contributed by atoms with Gasteiger partial charge in [0.2, 0.25) is 0 Å². The molecule has 0 aromatic heterocycles. The van der Waals surface area contributed by atoms with E-state index in [9.17, 15) is 43.2 Å². The zero-order chi connectivity index (χ0) is 71.8. The van der Waals surface area contributed by atoms with Crippen LogP contribution in [0.3, 0.4) is 0 Å². The van der Waals surface area contributed by atoms with Crippen LogP contribution in [0.25, 0.3) is 0 Å². The van der Waals surface area contributed by atoms with Gasteiger partial charge in [-0.15, -0.1) is 0 Å². The third-order valence-electron chi connectivity index (χ3n) is 15.2. The second-order valence-corrected chi connectivity index (χ2v) is 27.4. The molecule has 0 aliphatic rings. The summed E-state index contributed by atoms with van der Waals surface area (Å²) in [7, 11) is -9.98. The Morgan fingerprint density at radius 3 is 0.908 bits per heavy atom. The van der Waals surface area contributed by atoms with E-state index in [0.29, 0.717) is 25.7 Å². The van der Waals surface area contributed by atoms with E-state index in [-0.39, 0.29) is 25.7 Å². The molecule has 0 fully saturated rings. The van der Waals surface area contributed by atoms with Crippen molar-refractivity contribution >= 4 is 39.5 Å². The van der Waals surface area contributed by atoms with Gasteiger partial charge in [-0.1, -0.05) is 277 Å². The van der Waals surface area contributed by atoms with Gasteiger partial charge in [0.15, 0.2) is 12.2 Å². The van der Waals surface area contributed by atoms with Crippen molar-refractivity contribution in [3.63, 3.8) is 0 Å². The Morgan fingerprint density at radius 1 is 0.306 bits per heavy atom. The number of aliphatic hydroxyl groups is 1. The van der Waals surface area contributed by atoms with E-state index in [2.05, 4.69) is 137 Å². The summed E-state index contributed by atoms with van der Waals surface area (Å²) in [6, 6.07) is 0. The van der Waals surface area contributed by atoms with Crippen molar-refractivity contribution in [2.45, 2.75) is 303 Å². The molecule has 0 aliphatic carbocycles. The highest BCUT2D eigenvalue weighted by molar-refractivity contribution is 7.47. The molecule has 17 nitrogen and oxygen atoms in total. The number of aliphatic hydroxyl groups excluding tert-OH is 1. The van der Waals surface area contributed by atoms with Gasteiger partial charge < -0.3 is 33.8 Å². The highest BCUT2D eigenvalue weighted by Crippen LogP contribution is 2.45. The molecule has 0 aliphatic heterocycles. The molecule has 0 aromatic rings. The molecular weight excluding hydrogens is 1280 g/mol. The van der Waals surface area contributed by atoms with E-state index in [0.717, 1.165) is 167 Å². The summed E-state index contributed by atoms with van der Waals surface area (Å²) in [6.07, 6.45) is 77.7. The Hall–Kier alpha value is -4.80. The maximum atomic E-state index is 13.1. The molecule has 3 N–H and O–H groups in total. The van der Waals surface area contributed by atoms with E-state index in [1.807, 2.05) is 18.2 Å². The summed E-state index contributed by atoms with van der Waals surface area (Å²) >= 11 is 0. The molecule has 19 heteroatoms. The number of hydrogen-bond acceptors (Lipinski definition) is 15. The average molecular weight is 1420 g/mol. The number of carbonyl (C=O) groups excluding carboxylic acids is 4. The van der Waals surface area contributed by atoms with E-state index in [1.165, 1.54) is 38.5 Å². The van der Waals surface area contributed by atoms with Crippen molar-refractivity contribution in [2.24, 2.45) is 0 Å². The molecule has 98 heavy (non-hydrogen) atoms. The number of allylic oxidation sites excluding steroid dienone is 21. The number of hydrogen-bond donors (Lipinski definition) is 3. The zero-order valence-electron chi connectivity index (χ0n) is 60.9. The lowest BCUT2D eigenvalue weighted by molar-refractivity contribution is -0.161. The number of esters is 4. The van der Waals surface area contributed by atoms with Gasteiger partial charge in [0, 0.05) is 19.3 Å². The first-order chi connectivity index (χ1) is 47.7. The van der Waals surface area contributed by atoms with E-state index in [1.54, 1.807) is 6.08 Å². The SMILES string of the molecule is CC/C=C\C/C=C\C/C=C\C/C=C\C/C=C\CC(=O)OCC(COP(=O)(O)OCC(O)COP(=O)(O)OCC(COC(=O)CCCCCCCCC/C=C\C/C=C\C/C=C\CC)OC(=O)CCCCCCC/C=C\C/C=C\C/C=C\CC)OC(=O)CCCCCCCCCCCCC. The van der Waals surface area contributed by atoms with Gasteiger partial charge in [-0.3, -0.25) is 37.3 Å². The monoisotopic (exact) mass is 1410 g/mol. The standard InChI is InChI=1S/C79H132O17P2/c1-5-9-13-17-21-25-29-32-35-36-39-41-45-48-52-56-60-64-77(82)90-70-75(96-79(84)66-62-58-54-50-46-42-38-34-31-27-23-19-15-11-7-3)72-94-98(87,88)92-68-73(80)67-91-97(85,86)93-71-74(95-78(83)65-61-57-53-49-43-28-24-20-16-12-8-4)69-89-76(81)63-59-55-51-47-44-40-37-33-30-26-22-18-14-10-6-2/h9-11,13-15,21-23,25-27,32-35,37-38,44,47,55,59,73-75,80H,5-8,12,16-20,24,28-31,36,39-43,45-46,48-54,56-58,60-72H2,1-4H3,(H,85,86)(H,87,88)/b13-9-,14-10-,15-11-,25-21-,26-22-,27-23-,35-32-,37-33-,38-34-,47-44-,59-55-. The second kappa shape index (κ2) is 70.6. The molecule has 5 unspecified atom stereocenters. The van der Waals surface area contributed by atoms with E-state index < -0.39 is 97.5 Å². The van der Waals surface area contributed by atoms with Gasteiger partial charge in [0.25, 0.3) is 0 Å². The predicted molar refractivity (Wildman–Crippen MR) is 399 cm³/mol. The average Bonchev–Trinajstić information content (AvgIpc) is 0.985. The fourth-order valence-electron chi connectivity index (χ4n) is 9.56. The summed E-state index contributed by atoms with van der Waals surface area (Å²) in [5.74, 6) is -2.35. The Morgan fingerprint density at radius 2 is 0.571 bits per heavy atom. The molecule has 0 spiro atoms. The van der Waals surface area contributed by atoms with Crippen molar-refractivity contribution in [1.29, 1.82) is 0 Å². The molecular formula is C79H132O17P2. The third kappa shape index (κ3) is 69.7. The summed E-state index contributed by atoms with van der Waals surface area (Å²) in [4.78, 5) is 72.7. The molecule has 0 aromatic carbocycles. The fourth-order valence-corrected chi connectivity index (χ4v) is 11.1. The lowest BCUT2D eigenvalue weighted by atomic mass is 10.1. The quantitative estimate of drug-likeness (QED) is 0.0169. The van der Waals surface area contributed by atoms with Gasteiger partial charge in [0.1, 0.15) is 19.3 Å². The number of carbonyl (C=O) groups is 4. The Balaban J connectivity index is 5.41. The molecule has 0 saturated carbocycles. The minimum absolute atomic E-state index is 0.0684. The van der Waals surface area contributed by atoms with Crippen molar-refractivity contribution in [3.05, 3.63) is 134 Å². The van der Waals surface area contributed by atoms with E-state index in [4.69, 9.17) is 37.0 Å². The van der Waals surface area contributed by atoms with Crippen LogP contribution in [0.1, 0.15) is 285 Å². The number of ether oxygens (including phenoxy) is 4. The predicted octanol–water partition coefficient (Wildman–Crippen LogP) is 21.3. The highest BCUT2D eigenvalue weighted by Gasteiger charge is 2.30. The number of phosphoric ester groups is 2. The summed E-state index contributed by atoms with van der Waals surface area (Å²) in [5, 5.41) is 10.6. The van der Waals surface area contributed by atoms with Gasteiger partial charge in [-0.2, -0.15) is 0 Å². The molecule has 0 rings (SSSR count). The van der Waals surface area contributed by atoms with Crippen LogP contribution in [0.2, 0.25) is 0 Å². The minimum atomic E-state index is -4.99. The van der Waals surface area contributed by atoms with Crippen molar-refractivity contribution in [1.82, 2.24) is 0 Å². The third-order valence-corrected chi connectivity index (χ3v) is 17.1. The Kier molecular flexibility index (Phi) is 67.2. The van der Waals surface area contributed by atoms with Crippen LogP contribution in [0, 0.1) is 0 Å². The molecule has 560 valence electrons. The van der Waals surface area contributed by atoms with Crippen molar-refractivity contribution in [3.8, 4) is 0 Å². The fraction of sp³-hybridized carbons (Fsp3) is 0.671. The minimum Gasteiger partial charge on any atom is -0.462 e. The molecule has 5 atom stereocenters. The first-order valence-electron chi connectivity index (χ1n) is 37.4. The Labute approximate surface area is 593 Å². The first-order valence-corrected chi connectivity index (χ1v) is 40.4. The molecule has 0 heterocycles. The van der Waals surface area contributed by atoms with Crippen LogP contribution in [0.5, 0.6) is 0 Å². The maximum Gasteiger partial charge on any atom is 0.472 e. The van der Waals surface area contributed by atoms with Gasteiger partial charge >= 0.3 is 39.5 Å². The zero-order valence-corrected chi connectivity index (χ0v) is 62.7. The van der Waals surface area contributed by atoms with Gasteiger partial charge in [-0.05, 0) is 116 Å². The van der Waals surface area contributed by atoms with Crippen molar-refractivity contribution in [2.75, 3.05) is 39.6 Å². The van der Waals surface area contributed by atoms with Crippen LogP contribution >= 0.6 is 15.6 Å². The maximum absolute atomic E-state index is 13.1. The summed E-state index contributed by atoms with van der Waals surface area (Å²) in [6.45, 7) is 4.37. The number of phosphoric acid groups is 2. The van der Waals surface area contributed by atoms with Crippen LogP contribution in [0.4, 0.5) is 0 Å². The largest absolute Gasteiger partial charge is 0.472 e. The smallest absolute Gasteiger partial charge is 0.462 e. The van der Waals surface area contributed by atoms with Gasteiger partial charge in [0.05, 0.1) is 32.8 Å². The number of unbranched alkanes of at least 4 members (excludes halogenated alkanes) is 22. The molecule has 0 bridgehead atoms. The molecule has 0 saturated heterocycles. The summed E-state index contributed by atoms with van der Waals surface area (Å²) < 4.78 is 68.3. The second-order valence-electron chi connectivity index (χ2n) is 24.5. The number of rotatable bonds is 69. The van der Waals surface area contributed by atoms with Crippen molar-refractivity contribution < 1.29 is 80.2 Å². The highest BCUT2D eigenvalue weighted by atomic mass is 31.2. The van der Waals surface area contributed by atoms with E-state index >= 15 is 0 Å². The lowest BCUT2D eigenvalue weighted by Crippen LogP contribution is -2.30. The Bertz CT molecular complexity index is 2380. The van der Waals surface area contributed by atoms with Crippen LogP contribution < -0.4 is 0 Å². The molecule has 0 radical (unpaired) electrons. The summed E-state index contributed by atoms with van der Waals surface area (Å²) in [5.41, 5.74) is 0. The van der Waals surface area contributed by atoms with Crippen LogP contribution in [-0.2, 0) is 65.4 Å². The van der Waals surface area contributed by atoms with Crippen LogP contribution in [0.15, 0.2) is 134 Å². The first kappa shape index (κ1) is 93.2. The normalized spacial score (nSPS) is 14.7. The van der Waals surface area contributed by atoms with Gasteiger partial charge in [-0.25, -0.2) is 9.13 Å². The molecule has 0 amide bonds. The lowest BCUT2D eigenvalue weighted by Gasteiger charge is -2.21. The van der Waals surface area contributed by atoms with Crippen LogP contribution in [-0.4, -0.2) is 96.7 Å².